The molecule has 1 aromatic heterocycles. The highest BCUT2D eigenvalue weighted by molar-refractivity contribution is 14.0. The van der Waals surface area contributed by atoms with Gasteiger partial charge in [-0.25, -0.2) is 0 Å². The lowest BCUT2D eigenvalue weighted by Crippen LogP contribution is -2.40. The van der Waals surface area contributed by atoms with Gasteiger partial charge in [0.05, 0.1) is 6.54 Å². The Balaban J connectivity index is 0.00000256. The lowest BCUT2D eigenvalue weighted by Gasteiger charge is -2.13. The van der Waals surface area contributed by atoms with Crippen LogP contribution in [-0.4, -0.2) is 19.0 Å². The van der Waals surface area contributed by atoms with Gasteiger partial charge in [-0.05, 0) is 32.4 Å². The molecule has 0 saturated heterocycles. The van der Waals surface area contributed by atoms with Crippen LogP contribution in [0.2, 0.25) is 0 Å². The molecule has 0 spiro atoms. The zero-order valence-electron chi connectivity index (χ0n) is 10.9. The number of nitrogens with one attached hydrogen (secondary N) is 2. The highest BCUT2D eigenvalue weighted by Crippen LogP contribution is 2.16. The third kappa shape index (κ3) is 6.26. The first-order valence-corrected chi connectivity index (χ1v) is 6.52. The van der Waals surface area contributed by atoms with E-state index in [0.717, 1.165) is 18.9 Å². The molecule has 2 N–H and O–H groups in total. The number of thiophene rings is 1. The van der Waals surface area contributed by atoms with Crippen molar-refractivity contribution in [1.82, 2.24) is 10.6 Å². The highest BCUT2D eigenvalue weighted by atomic mass is 127. The van der Waals surface area contributed by atoms with Crippen molar-refractivity contribution in [3.05, 3.63) is 21.9 Å². The van der Waals surface area contributed by atoms with Gasteiger partial charge in [0.25, 0.3) is 0 Å². The molecule has 0 unspecified atom stereocenters. The number of halogens is 1. The van der Waals surface area contributed by atoms with E-state index in [9.17, 15) is 0 Å². The summed E-state index contributed by atoms with van der Waals surface area (Å²) in [6.45, 7) is 7.24. The third-order valence-electron chi connectivity index (χ3n) is 2.14. The molecular weight excluding hydrogens is 345 g/mol. The van der Waals surface area contributed by atoms with Crippen LogP contribution in [0.1, 0.15) is 30.5 Å². The average Bonchev–Trinajstić information content (AvgIpc) is 2.71. The van der Waals surface area contributed by atoms with Crippen molar-refractivity contribution in [2.24, 2.45) is 4.99 Å². The summed E-state index contributed by atoms with van der Waals surface area (Å²) in [5, 5.41) is 6.57. The number of guanidine groups is 1. The first-order chi connectivity index (χ1) is 7.65. The summed E-state index contributed by atoms with van der Waals surface area (Å²) in [6, 6.07) is 4.78. The minimum atomic E-state index is 0. The largest absolute Gasteiger partial charge is 0.354 e. The molecule has 0 aliphatic rings. The van der Waals surface area contributed by atoms with E-state index in [-0.39, 0.29) is 24.0 Å². The molecule has 17 heavy (non-hydrogen) atoms. The van der Waals surface area contributed by atoms with Gasteiger partial charge in [0.1, 0.15) is 0 Å². The van der Waals surface area contributed by atoms with Crippen molar-refractivity contribution in [3.63, 3.8) is 0 Å². The maximum absolute atomic E-state index is 4.17. The Labute approximate surface area is 125 Å². The molecule has 0 fully saturated rings. The molecule has 0 aromatic carbocycles. The Morgan fingerprint density at radius 1 is 1.35 bits per heavy atom. The predicted molar refractivity (Wildman–Crippen MR) is 87.6 cm³/mol. The van der Waals surface area contributed by atoms with Crippen LogP contribution in [0.15, 0.2) is 17.1 Å². The molecule has 3 nitrogen and oxygen atoms in total. The molecule has 98 valence electrons. The lowest BCUT2D eigenvalue weighted by atomic mass is 10.3. The van der Waals surface area contributed by atoms with Crippen LogP contribution in [0.3, 0.4) is 0 Å². The molecule has 0 atom stereocenters. The molecule has 0 saturated carbocycles. The van der Waals surface area contributed by atoms with Crippen LogP contribution in [0.5, 0.6) is 0 Å². The fourth-order valence-corrected chi connectivity index (χ4v) is 2.24. The van der Waals surface area contributed by atoms with Gasteiger partial charge in [0.15, 0.2) is 5.96 Å². The average molecular weight is 367 g/mol. The quantitative estimate of drug-likeness (QED) is 0.488. The monoisotopic (exact) mass is 367 g/mol. The van der Waals surface area contributed by atoms with E-state index in [4.69, 9.17) is 0 Å². The van der Waals surface area contributed by atoms with Crippen LogP contribution in [0.25, 0.3) is 0 Å². The van der Waals surface area contributed by atoms with Gasteiger partial charge in [-0.1, -0.05) is 6.92 Å². The van der Waals surface area contributed by atoms with Crippen molar-refractivity contribution in [3.8, 4) is 0 Å². The third-order valence-corrected chi connectivity index (χ3v) is 3.37. The summed E-state index contributed by atoms with van der Waals surface area (Å²) in [5.74, 6) is 0.862. The number of aryl methyl sites for hydroxylation is 1. The number of rotatable bonds is 4. The van der Waals surface area contributed by atoms with Gasteiger partial charge in [0, 0.05) is 22.8 Å². The van der Waals surface area contributed by atoms with Gasteiger partial charge in [0.2, 0.25) is 0 Å². The second-order valence-electron chi connectivity index (χ2n) is 3.95. The highest BCUT2D eigenvalue weighted by Gasteiger charge is 2.02. The van der Waals surface area contributed by atoms with E-state index < -0.39 is 0 Å². The summed E-state index contributed by atoms with van der Waals surface area (Å²) < 4.78 is 0. The van der Waals surface area contributed by atoms with Crippen molar-refractivity contribution >= 4 is 41.3 Å². The molecule has 0 bridgehead atoms. The Hall–Kier alpha value is -0.300. The zero-order chi connectivity index (χ0) is 12.0. The maximum Gasteiger partial charge on any atom is 0.191 e. The summed E-state index contributed by atoms with van der Waals surface area (Å²) in [7, 11) is 1.80. The van der Waals surface area contributed by atoms with E-state index >= 15 is 0 Å². The van der Waals surface area contributed by atoms with Crippen molar-refractivity contribution < 1.29 is 0 Å². The second-order valence-corrected chi connectivity index (χ2v) is 5.20. The Morgan fingerprint density at radius 3 is 2.47 bits per heavy atom. The van der Waals surface area contributed by atoms with Crippen molar-refractivity contribution in [1.29, 1.82) is 0 Å². The van der Waals surface area contributed by atoms with Crippen molar-refractivity contribution in [2.45, 2.75) is 39.8 Å². The lowest BCUT2D eigenvalue weighted by molar-refractivity contribution is 0.701. The van der Waals surface area contributed by atoms with Crippen LogP contribution in [-0.2, 0) is 13.0 Å². The zero-order valence-corrected chi connectivity index (χ0v) is 14.1. The van der Waals surface area contributed by atoms with Gasteiger partial charge < -0.3 is 10.6 Å². The number of aliphatic imine (C=N–C) groups is 1. The molecule has 5 heteroatoms. The molecule has 0 radical (unpaired) electrons. The molecule has 0 amide bonds. The van der Waals surface area contributed by atoms with Gasteiger partial charge in [-0.15, -0.1) is 35.3 Å². The van der Waals surface area contributed by atoms with Crippen molar-refractivity contribution in [2.75, 3.05) is 7.05 Å². The maximum atomic E-state index is 4.17. The summed E-state index contributed by atoms with van der Waals surface area (Å²) in [5.41, 5.74) is 0. The Bertz CT molecular complexity index is 347. The van der Waals surface area contributed by atoms with Crippen LogP contribution in [0.4, 0.5) is 0 Å². The number of hydrogen-bond acceptors (Lipinski definition) is 2. The summed E-state index contributed by atoms with van der Waals surface area (Å²) in [4.78, 5) is 6.95. The molecule has 1 aromatic rings. The molecule has 0 aliphatic carbocycles. The normalized spacial score (nSPS) is 11.2. The summed E-state index contributed by atoms with van der Waals surface area (Å²) in [6.07, 6.45) is 1.11. The Kier molecular flexibility index (Phi) is 8.59. The first-order valence-electron chi connectivity index (χ1n) is 5.70. The van der Waals surface area contributed by atoms with E-state index in [1.807, 2.05) is 11.3 Å². The summed E-state index contributed by atoms with van der Waals surface area (Å²) >= 11 is 1.86. The molecule has 0 aliphatic heterocycles. The molecule has 1 rings (SSSR count). The predicted octanol–water partition coefficient (Wildman–Crippen LogP) is 3.00. The standard InChI is InChI=1S/C12H21N3S.HI/c1-5-10-6-7-11(16-10)8-14-12(13-4)15-9(2)3;/h6-7,9H,5,8H2,1-4H3,(H2,13,14,15);1H. The van der Waals surface area contributed by atoms with E-state index in [0.29, 0.717) is 6.04 Å². The van der Waals surface area contributed by atoms with E-state index in [2.05, 4.69) is 48.5 Å². The van der Waals surface area contributed by atoms with E-state index in [1.54, 1.807) is 7.05 Å². The van der Waals surface area contributed by atoms with E-state index in [1.165, 1.54) is 9.75 Å². The minimum absolute atomic E-state index is 0. The smallest absolute Gasteiger partial charge is 0.191 e. The SMILES string of the molecule is CCc1ccc(CNC(=NC)NC(C)C)s1.I. The topological polar surface area (TPSA) is 36.4 Å². The minimum Gasteiger partial charge on any atom is -0.354 e. The number of hydrogen-bond donors (Lipinski definition) is 2. The van der Waals surface area contributed by atoms with Gasteiger partial charge in [-0.3, -0.25) is 4.99 Å². The van der Waals surface area contributed by atoms with Gasteiger partial charge in [-0.2, -0.15) is 0 Å². The molecular formula is C12H22IN3S. The second kappa shape index (κ2) is 8.74. The fourth-order valence-electron chi connectivity index (χ4n) is 1.35. The Morgan fingerprint density at radius 2 is 2.00 bits per heavy atom. The van der Waals surface area contributed by atoms with Crippen LogP contribution >= 0.6 is 35.3 Å². The van der Waals surface area contributed by atoms with Gasteiger partial charge >= 0.3 is 0 Å². The first kappa shape index (κ1) is 16.7. The fraction of sp³-hybridized carbons (Fsp3) is 0.583. The van der Waals surface area contributed by atoms with Crippen LogP contribution < -0.4 is 10.6 Å². The number of nitrogens with zero attached hydrogens (tertiary/aromatic N) is 1. The van der Waals surface area contributed by atoms with Crippen LogP contribution in [0, 0.1) is 0 Å². The molecule has 1 heterocycles.